The summed E-state index contributed by atoms with van der Waals surface area (Å²) in [5.74, 6) is 0. The normalized spacial score (nSPS) is 11.8. The summed E-state index contributed by atoms with van der Waals surface area (Å²) in [6.45, 7) is 0. The largest absolute Gasteiger partial charge is 0.435 e. The average Bonchev–Trinajstić information content (AvgIpc) is 2.73. The van der Waals surface area contributed by atoms with Gasteiger partial charge >= 0.3 is 6.18 Å². The van der Waals surface area contributed by atoms with Crippen LogP contribution in [0.2, 0.25) is 0 Å². The lowest BCUT2D eigenvalue weighted by Crippen LogP contribution is -2.07. The van der Waals surface area contributed by atoms with E-state index < -0.39 is 11.9 Å². The van der Waals surface area contributed by atoms with Gasteiger partial charge in [0.1, 0.15) is 5.03 Å². The van der Waals surface area contributed by atoms with E-state index in [0.717, 1.165) is 6.07 Å². The molecule has 2 N–H and O–H groups in total. The molecule has 0 atom stereocenters. The highest BCUT2D eigenvalue weighted by Crippen LogP contribution is 2.32. The van der Waals surface area contributed by atoms with Gasteiger partial charge in [-0.3, -0.25) is 0 Å². The van der Waals surface area contributed by atoms with Crippen molar-refractivity contribution in [1.29, 1.82) is 0 Å². The Morgan fingerprint density at radius 1 is 1.22 bits per heavy atom. The number of halogens is 3. The number of anilines is 1. The highest BCUT2D eigenvalue weighted by atomic mass is 32.2. The molecule has 0 unspecified atom stereocenters. The Labute approximate surface area is 106 Å². The Morgan fingerprint density at radius 2 is 1.83 bits per heavy atom. The van der Waals surface area contributed by atoms with Crippen molar-refractivity contribution in [2.45, 2.75) is 11.2 Å². The first kappa shape index (κ1) is 12.8. The summed E-state index contributed by atoms with van der Waals surface area (Å²) in [5, 5.41) is 4.01. The maximum absolute atomic E-state index is 12.6. The summed E-state index contributed by atoms with van der Waals surface area (Å²) in [5.41, 5.74) is 5.73. The minimum absolute atomic E-state index is 0.423. The maximum Gasteiger partial charge on any atom is 0.435 e. The molecule has 18 heavy (non-hydrogen) atoms. The van der Waals surface area contributed by atoms with Gasteiger partial charge in [0.2, 0.25) is 0 Å². The van der Waals surface area contributed by atoms with Crippen LogP contribution in [0, 0.1) is 0 Å². The highest BCUT2D eigenvalue weighted by molar-refractivity contribution is 7.98. The van der Waals surface area contributed by atoms with Crippen LogP contribution in [-0.2, 0) is 6.18 Å². The Bertz CT molecular complexity index is 546. The summed E-state index contributed by atoms with van der Waals surface area (Å²) in [7, 11) is 0. The predicted octanol–water partition coefficient (Wildman–Crippen LogP) is 3.20. The van der Waals surface area contributed by atoms with Crippen LogP contribution < -0.4 is 5.73 Å². The van der Waals surface area contributed by atoms with Crippen molar-refractivity contribution in [3.63, 3.8) is 0 Å². The minimum atomic E-state index is -4.44. The molecular formula is C11H10F3N3S. The minimum Gasteiger partial charge on any atom is -0.399 e. The molecule has 1 aromatic heterocycles. The van der Waals surface area contributed by atoms with Crippen molar-refractivity contribution in [2.24, 2.45) is 0 Å². The van der Waals surface area contributed by atoms with Crippen LogP contribution in [0.3, 0.4) is 0 Å². The maximum atomic E-state index is 12.6. The second kappa shape index (κ2) is 4.56. The van der Waals surface area contributed by atoms with Crippen molar-refractivity contribution < 1.29 is 13.2 Å². The van der Waals surface area contributed by atoms with E-state index >= 15 is 0 Å². The van der Waals surface area contributed by atoms with E-state index in [4.69, 9.17) is 5.73 Å². The van der Waals surface area contributed by atoms with Crippen LogP contribution in [0.5, 0.6) is 0 Å². The number of nitrogen functional groups attached to an aromatic ring is 1. The number of hydrogen-bond donors (Lipinski definition) is 1. The fourth-order valence-electron chi connectivity index (χ4n) is 1.45. The van der Waals surface area contributed by atoms with Crippen LogP contribution in [0.4, 0.5) is 18.9 Å². The van der Waals surface area contributed by atoms with Crippen molar-refractivity contribution in [3.05, 3.63) is 36.0 Å². The second-order valence-electron chi connectivity index (χ2n) is 3.57. The summed E-state index contributed by atoms with van der Waals surface area (Å²) < 4.78 is 39.0. The first-order chi connectivity index (χ1) is 8.41. The fourth-order valence-corrected chi connectivity index (χ4v) is 2.00. The van der Waals surface area contributed by atoms with Gasteiger partial charge in [-0.05, 0) is 30.5 Å². The smallest absolute Gasteiger partial charge is 0.399 e. The van der Waals surface area contributed by atoms with Gasteiger partial charge in [0.15, 0.2) is 5.69 Å². The van der Waals surface area contributed by atoms with Crippen LogP contribution in [0.15, 0.2) is 35.4 Å². The predicted molar refractivity (Wildman–Crippen MR) is 64.8 cm³/mol. The Balaban J connectivity index is 2.50. The molecule has 2 aromatic rings. The van der Waals surface area contributed by atoms with Crippen molar-refractivity contribution in [3.8, 4) is 5.69 Å². The molecule has 0 aliphatic rings. The number of benzene rings is 1. The summed E-state index contributed by atoms with van der Waals surface area (Å²) >= 11 is 1.20. The Hall–Kier alpha value is -1.63. The van der Waals surface area contributed by atoms with E-state index in [1.54, 1.807) is 30.5 Å². The van der Waals surface area contributed by atoms with Crippen LogP contribution in [0.1, 0.15) is 5.69 Å². The van der Waals surface area contributed by atoms with Gasteiger partial charge in [-0.1, -0.05) is 0 Å². The number of nitrogens with zero attached hydrogens (tertiary/aromatic N) is 2. The van der Waals surface area contributed by atoms with Gasteiger partial charge < -0.3 is 5.73 Å². The number of thioether (sulfide) groups is 1. The molecule has 0 spiro atoms. The molecule has 0 amide bonds. The molecule has 3 nitrogen and oxygen atoms in total. The molecule has 0 saturated carbocycles. The van der Waals surface area contributed by atoms with Gasteiger partial charge in [-0.15, -0.1) is 11.8 Å². The van der Waals surface area contributed by atoms with Crippen LogP contribution >= 0.6 is 11.8 Å². The average molecular weight is 273 g/mol. The quantitative estimate of drug-likeness (QED) is 0.675. The number of aromatic nitrogens is 2. The molecule has 1 aromatic carbocycles. The van der Waals surface area contributed by atoms with Crippen molar-refractivity contribution in [1.82, 2.24) is 9.78 Å². The Morgan fingerprint density at radius 3 is 2.33 bits per heavy atom. The molecule has 0 saturated heterocycles. The lowest BCUT2D eigenvalue weighted by molar-refractivity contribution is -0.141. The standard InChI is InChI=1S/C11H10F3N3S/c1-18-10-6-9(11(12,13)14)16-17(10)8-4-2-7(15)3-5-8/h2-6H,15H2,1H3. The van der Waals surface area contributed by atoms with E-state index in [9.17, 15) is 13.2 Å². The lowest BCUT2D eigenvalue weighted by atomic mass is 10.3. The third kappa shape index (κ3) is 2.45. The number of nitrogens with two attached hydrogens (primary N) is 1. The summed E-state index contributed by atoms with van der Waals surface area (Å²) in [6, 6.07) is 7.52. The molecule has 2 rings (SSSR count). The molecule has 96 valence electrons. The third-order valence-corrected chi connectivity index (χ3v) is 3.02. The molecule has 0 aliphatic heterocycles. The molecule has 1 heterocycles. The lowest BCUT2D eigenvalue weighted by Gasteiger charge is -2.05. The van der Waals surface area contributed by atoms with E-state index in [1.807, 2.05) is 0 Å². The highest BCUT2D eigenvalue weighted by Gasteiger charge is 2.35. The first-order valence-electron chi connectivity index (χ1n) is 4.99. The SMILES string of the molecule is CSc1cc(C(F)(F)F)nn1-c1ccc(N)cc1. The molecule has 0 bridgehead atoms. The van der Waals surface area contributed by atoms with Gasteiger partial charge in [0.25, 0.3) is 0 Å². The van der Waals surface area contributed by atoms with E-state index in [0.29, 0.717) is 16.4 Å². The van der Waals surface area contributed by atoms with Gasteiger partial charge in [-0.2, -0.15) is 18.3 Å². The van der Waals surface area contributed by atoms with Gasteiger partial charge in [0, 0.05) is 11.8 Å². The fraction of sp³-hybridized carbons (Fsp3) is 0.182. The molecule has 0 radical (unpaired) electrons. The zero-order chi connectivity index (χ0) is 13.3. The van der Waals surface area contributed by atoms with E-state index in [1.165, 1.54) is 16.4 Å². The monoisotopic (exact) mass is 273 g/mol. The molecule has 7 heteroatoms. The van der Waals surface area contributed by atoms with Crippen LogP contribution in [0.25, 0.3) is 5.69 Å². The Kier molecular flexibility index (Phi) is 3.25. The molecule has 0 fully saturated rings. The van der Waals surface area contributed by atoms with Crippen molar-refractivity contribution >= 4 is 17.4 Å². The first-order valence-corrected chi connectivity index (χ1v) is 6.21. The summed E-state index contributed by atoms with van der Waals surface area (Å²) in [4.78, 5) is 0. The van der Waals surface area contributed by atoms with Gasteiger partial charge in [-0.25, -0.2) is 4.68 Å². The van der Waals surface area contributed by atoms with E-state index in [-0.39, 0.29) is 0 Å². The van der Waals surface area contributed by atoms with Crippen molar-refractivity contribution in [2.75, 3.05) is 12.0 Å². The molecule has 0 aliphatic carbocycles. The number of hydrogen-bond acceptors (Lipinski definition) is 3. The zero-order valence-electron chi connectivity index (χ0n) is 9.40. The zero-order valence-corrected chi connectivity index (χ0v) is 10.2. The third-order valence-electron chi connectivity index (χ3n) is 2.31. The topological polar surface area (TPSA) is 43.8 Å². The number of alkyl halides is 3. The second-order valence-corrected chi connectivity index (χ2v) is 4.40. The summed E-state index contributed by atoms with van der Waals surface area (Å²) in [6.07, 6.45) is -2.74. The van der Waals surface area contributed by atoms with Gasteiger partial charge in [0.05, 0.1) is 5.69 Å². The van der Waals surface area contributed by atoms with Crippen LogP contribution in [-0.4, -0.2) is 16.0 Å². The van der Waals surface area contributed by atoms with E-state index in [2.05, 4.69) is 5.10 Å². The number of rotatable bonds is 2. The molecular weight excluding hydrogens is 263 g/mol.